The summed E-state index contributed by atoms with van der Waals surface area (Å²) in [5.74, 6) is 3.12. The van der Waals surface area contributed by atoms with Crippen LogP contribution in [0.4, 0.5) is 0 Å². The van der Waals surface area contributed by atoms with Gasteiger partial charge in [0.25, 0.3) is 0 Å². The second-order valence-corrected chi connectivity index (χ2v) is 6.10. The van der Waals surface area contributed by atoms with E-state index in [-0.39, 0.29) is 0 Å². The van der Waals surface area contributed by atoms with Crippen molar-refractivity contribution in [1.82, 2.24) is 5.32 Å². The first-order valence-electron chi connectivity index (χ1n) is 5.87. The van der Waals surface area contributed by atoms with Crippen LogP contribution in [0, 0.1) is 23.2 Å². The molecule has 2 atom stereocenters. The van der Waals surface area contributed by atoms with E-state index in [1.165, 1.54) is 32.1 Å². The quantitative estimate of drug-likeness (QED) is 0.652. The lowest BCUT2D eigenvalue weighted by molar-refractivity contribution is -0.0645. The molecule has 1 nitrogen and oxygen atoms in total. The van der Waals surface area contributed by atoms with Crippen molar-refractivity contribution in [3.63, 3.8) is 0 Å². The Morgan fingerprint density at radius 1 is 1.08 bits per heavy atom. The van der Waals surface area contributed by atoms with Crippen molar-refractivity contribution in [2.45, 2.75) is 45.1 Å². The van der Waals surface area contributed by atoms with Gasteiger partial charge in [0.2, 0.25) is 0 Å². The van der Waals surface area contributed by atoms with Gasteiger partial charge in [0.05, 0.1) is 0 Å². The van der Waals surface area contributed by atoms with Crippen LogP contribution in [-0.2, 0) is 0 Å². The first kappa shape index (κ1) is 8.28. The maximum absolute atomic E-state index is 3.56. The average molecular weight is 179 g/mol. The molecule has 2 unspecified atom stereocenters. The summed E-state index contributed by atoms with van der Waals surface area (Å²) in [5.41, 5.74) is 0.740. The van der Waals surface area contributed by atoms with E-state index >= 15 is 0 Å². The number of hydrogen-bond donors (Lipinski definition) is 1. The minimum Gasteiger partial charge on any atom is -0.316 e. The van der Waals surface area contributed by atoms with Gasteiger partial charge in [-0.1, -0.05) is 6.92 Å². The molecule has 0 aliphatic heterocycles. The molecule has 4 saturated carbocycles. The van der Waals surface area contributed by atoms with Crippen LogP contribution >= 0.6 is 0 Å². The molecule has 0 aromatic rings. The molecule has 1 N–H and O–H groups in total. The molecule has 74 valence electrons. The number of rotatable bonds is 1. The van der Waals surface area contributed by atoms with Gasteiger partial charge in [-0.3, -0.25) is 0 Å². The highest BCUT2D eigenvalue weighted by atomic mass is 14.9. The molecule has 0 saturated heterocycles. The van der Waals surface area contributed by atoms with Crippen LogP contribution in [0.1, 0.15) is 39.0 Å². The molecule has 0 radical (unpaired) electrons. The Morgan fingerprint density at radius 3 is 2.15 bits per heavy atom. The molecular formula is C12H21N. The highest BCUT2D eigenvalue weighted by molar-refractivity contribution is 5.05. The Hall–Kier alpha value is -0.0400. The van der Waals surface area contributed by atoms with E-state index in [4.69, 9.17) is 0 Å². The Labute approximate surface area is 81.3 Å². The van der Waals surface area contributed by atoms with Crippen molar-refractivity contribution in [2.24, 2.45) is 23.2 Å². The highest BCUT2D eigenvalue weighted by Gasteiger charge is 2.52. The van der Waals surface area contributed by atoms with Crippen LogP contribution < -0.4 is 5.32 Å². The molecule has 1 heteroatoms. The fraction of sp³-hybridized carbons (Fsp3) is 1.00. The van der Waals surface area contributed by atoms with E-state index in [1.807, 2.05) is 0 Å². The fourth-order valence-corrected chi connectivity index (χ4v) is 4.90. The summed E-state index contributed by atoms with van der Waals surface area (Å²) in [6.07, 6.45) is 7.60. The molecule has 0 aromatic heterocycles. The molecule has 4 bridgehead atoms. The van der Waals surface area contributed by atoms with Crippen LogP contribution in [-0.4, -0.2) is 13.1 Å². The number of nitrogens with one attached hydrogen (secondary N) is 1. The molecule has 13 heavy (non-hydrogen) atoms. The second kappa shape index (κ2) is 2.50. The zero-order valence-electron chi connectivity index (χ0n) is 8.84. The molecule has 4 rings (SSSR count). The molecule has 0 aromatic carbocycles. The summed E-state index contributed by atoms with van der Waals surface area (Å²) < 4.78 is 0. The zero-order valence-corrected chi connectivity index (χ0v) is 8.84. The third-order valence-corrected chi connectivity index (χ3v) is 4.91. The molecule has 0 spiro atoms. The normalized spacial score (nSPS) is 58.6. The first-order valence-corrected chi connectivity index (χ1v) is 5.87. The van der Waals surface area contributed by atoms with Gasteiger partial charge in [0.15, 0.2) is 0 Å². The summed E-state index contributed by atoms with van der Waals surface area (Å²) in [5, 5.41) is 3.56. The molecule has 0 amide bonds. The van der Waals surface area contributed by atoms with Gasteiger partial charge in [-0.25, -0.2) is 0 Å². The summed E-state index contributed by atoms with van der Waals surface area (Å²) >= 11 is 0. The van der Waals surface area contributed by atoms with E-state index < -0.39 is 0 Å². The van der Waals surface area contributed by atoms with Gasteiger partial charge in [-0.05, 0) is 62.3 Å². The Bertz CT molecular complexity index is 207. The first-order chi connectivity index (χ1) is 6.20. The molecule has 4 aliphatic carbocycles. The van der Waals surface area contributed by atoms with Gasteiger partial charge < -0.3 is 5.32 Å². The molecule has 4 fully saturated rings. The minimum absolute atomic E-state index is 0.740. The fourth-order valence-electron chi connectivity index (χ4n) is 4.90. The van der Waals surface area contributed by atoms with Crippen molar-refractivity contribution in [3.05, 3.63) is 0 Å². The molecular weight excluding hydrogens is 158 g/mol. The van der Waals surface area contributed by atoms with Crippen LogP contribution in [0.5, 0.6) is 0 Å². The van der Waals surface area contributed by atoms with Gasteiger partial charge in [-0.15, -0.1) is 0 Å². The lowest BCUT2D eigenvalue weighted by atomic mass is 9.48. The van der Waals surface area contributed by atoms with E-state index in [2.05, 4.69) is 19.3 Å². The summed E-state index contributed by atoms with van der Waals surface area (Å²) in [4.78, 5) is 0. The smallest absolute Gasteiger partial charge is 0.0121 e. The maximum Gasteiger partial charge on any atom is 0.0121 e. The van der Waals surface area contributed by atoms with Crippen LogP contribution in [0.15, 0.2) is 0 Å². The van der Waals surface area contributed by atoms with Gasteiger partial charge in [0.1, 0.15) is 0 Å². The van der Waals surface area contributed by atoms with E-state index in [0.29, 0.717) is 0 Å². The lowest BCUT2D eigenvalue weighted by Gasteiger charge is -2.59. The predicted molar refractivity (Wildman–Crippen MR) is 54.5 cm³/mol. The van der Waals surface area contributed by atoms with Gasteiger partial charge in [-0.2, -0.15) is 0 Å². The monoisotopic (exact) mass is 179 g/mol. The van der Waals surface area contributed by atoms with E-state index in [9.17, 15) is 0 Å². The van der Waals surface area contributed by atoms with Crippen molar-refractivity contribution in [3.8, 4) is 0 Å². The van der Waals surface area contributed by atoms with Crippen LogP contribution in [0.25, 0.3) is 0 Å². The molecule has 4 aliphatic rings. The Kier molecular flexibility index (Phi) is 1.59. The SMILES string of the molecule is CNC1C2CC3CC1CC(C)(C3)C2. The predicted octanol–water partition coefficient (Wildman–Crippen LogP) is 2.42. The lowest BCUT2D eigenvalue weighted by Crippen LogP contribution is -2.56. The maximum atomic E-state index is 3.56. The molecule has 0 heterocycles. The van der Waals surface area contributed by atoms with Crippen molar-refractivity contribution in [1.29, 1.82) is 0 Å². The average Bonchev–Trinajstić information content (AvgIpc) is 2.00. The second-order valence-electron chi connectivity index (χ2n) is 6.10. The van der Waals surface area contributed by atoms with E-state index in [1.54, 1.807) is 0 Å². The van der Waals surface area contributed by atoms with E-state index in [0.717, 1.165) is 29.2 Å². The third-order valence-electron chi connectivity index (χ3n) is 4.91. The zero-order chi connectivity index (χ0) is 9.05. The van der Waals surface area contributed by atoms with Crippen LogP contribution in [0.3, 0.4) is 0 Å². The summed E-state index contributed by atoms with van der Waals surface area (Å²) in [7, 11) is 2.16. The largest absolute Gasteiger partial charge is 0.316 e. The Morgan fingerprint density at radius 2 is 1.69 bits per heavy atom. The standard InChI is InChI=1S/C12H21N/c1-12-5-8-3-9(6-12)11(13-2)10(4-8)7-12/h8-11,13H,3-7H2,1-2H3. The topological polar surface area (TPSA) is 12.0 Å². The minimum atomic E-state index is 0.740. The van der Waals surface area contributed by atoms with Crippen LogP contribution in [0.2, 0.25) is 0 Å². The van der Waals surface area contributed by atoms with Crippen molar-refractivity contribution in [2.75, 3.05) is 7.05 Å². The Balaban J connectivity index is 1.90. The summed E-state index contributed by atoms with van der Waals surface area (Å²) in [6.45, 7) is 2.53. The van der Waals surface area contributed by atoms with Crippen molar-refractivity contribution >= 4 is 0 Å². The highest BCUT2D eigenvalue weighted by Crippen LogP contribution is 2.59. The summed E-state index contributed by atoms with van der Waals surface area (Å²) in [6, 6.07) is 0.865. The van der Waals surface area contributed by atoms with Crippen molar-refractivity contribution < 1.29 is 0 Å². The van der Waals surface area contributed by atoms with Gasteiger partial charge >= 0.3 is 0 Å². The third kappa shape index (κ3) is 1.09. The van der Waals surface area contributed by atoms with Gasteiger partial charge in [0, 0.05) is 6.04 Å². The number of hydrogen-bond acceptors (Lipinski definition) is 1.